The van der Waals surface area contributed by atoms with Gasteiger partial charge in [-0.05, 0) is 55.2 Å². The summed E-state index contributed by atoms with van der Waals surface area (Å²) in [5.41, 5.74) is 0.681. The normalized spacial score (nSPS) is 16.7. The Kier molecular flexibility index (Phi) is 14.9. The summed E-state index contributed by atoms with van der Waals surface area (Å²) < 4.78 is 28.6. The molecule has 4 amide bonds. The van der Waals surface area contributed by atoms with Crippen molar-refractivity contribution in [2.45, 2.75) is 77.6 Å². The number of sulfone groups is 1. The molecule has 0 aliphatic carbocycles. The van der Waals surface area contributed by atoms with Gasteiger partial charge in [0.15, 0.2) is 9.84 Å². The molecule has 252 valence electrons. The van der Waals surface area contributed by atoms with Gasteiger partial charge in [0.25, 0.3) is 0 Å². The highest BCUT2D eigenvalue weighted by molar-refractivity contribution is 7.91. The first-order valence-electron chi connectivity index (χ1n) is 14.7. The van der Waals surface area contributed by atoms with Crippen molar-refractivity contribution in [2.24, 2.45) is 11.8 Å². The van der Waals surface area contributed by atoms with Crippen LogP contribution in [0.15, 0.2) is 18.2 Å². The number of hydrogen-bond donors (Lipinski definition) is 6. The quantitative estimate of drug-likeness (QED) is 0.149. The number of alkyl carbamates (subject to hydrolysis) is 1. The second-order valence-electron chi connectivity index (χ2n) is 11.7. The first kappa shape index (κ1) is 38.1. The number of aromatic carboxylic acids is 1. The van der Waals surface area contributed by atoms with E-state index in [9.17, 15) is 32.4 Å². The van der Waals surface area contributed by atoms with E-state index < -0.39 is 63.9 Å². The van der Waals surface area contributed by atoms with Gasteiger partial charge in [-0.3, -0.25) is 14.4 Å². The fraction of sp³-hybridized carbons (Fsp3) is 0.621. The Hall–Kier alpha value is -3.04. The van der Waals surface area contributed by atoms with Crippen molar-refractivity contribution in [3.63, 3.8) is 0 Å². The van der Waals surface area contributed by atoms with Crippen molar-refractivity contribution < 1.29 is 42.2 Å². The van der Waals surface area contributed by atoms with Crippen molar-refractivity contribution in [3.05, 3.63) is 34.3 Å². The highest BCUT2D eigenvalue weighted by Gasteiger charge is 2.33. The summed E-state index contributed by atoms with van der Waals surface area (Å²) in [5.74, 6) is -3.41. The zero-order valence-electron chi connectivity index (χ0n) is 25.8. The lowest BCUT2D eigenvalue weighted by molar-refractivity contribution is -0.133. The number of benzene rings is 1. The Labute approximate surface area is 274 Å². The number of thiol groups is 1. The van der Waals surface area contributed by atoms with Gasteiger partial charge >= 0.3 is 12.1 Å². The minimum Gasteiger partial charge on any atom is -0.478 e. The Morgan fingerprint density at radius 1 is 0.978 bits per heavy atom. The van der Waals surface area contributed by atoms with Crippen molar-refractivity contribution in [1.82, 2.24) is 21.3 Å². The van der Waals surface area contributed by atoms with Crippen molar-refractivity contribution in [1.29, 1.82) is 0 Å². The molecule has 45 heavy (non-hydrogen) atoms. The highest BCUT2D eigenvalue weighted by atomic mass is 35.5. The maximum atomic E-state index is 13.3. The van der Waals surface area contributed by atoms with Crippen LogP contribution in [0, 0.1) is 11.8 Å². The number of carboxylic acids is 1. The smallest absolute Gasteiger partial charge is 0.408 e. The molecule has 1 heterocycles. The molecule has 13 nitrogen and oxygen atoms in total. The fourth-order valence-electron chi connectivity index (χ4n) is 4.59. The molecule has 0 aromatic heterocycles. The van der Waals surface area contributed by atoms with Crippen LogP contribution in [0.25, 0.3) is 0 Å². The molecule has 0 unspecified atom stereocenters. The molecule has 0 saturated carbocycles. The first-order valence-corrected chi connectivity index (χ1v) is 17.5. The van der Waals surface area contributed by atoms with Crippen molar-refractivity contribution in [3.8, 4) is 0 Å². The van der Waals surface area contributed by atoms with Crippen LogP contribution in [0.4, 0.5) is 4.79 Å². The molecular weight excluding hydrogens is 648 g/mol. The molecule has 5 N–H and O–H groups in total. The molecule has 0 bridgehead atoms. The largest absolute Gasteiger partial charge is 0.478 e. The predicted molar refractivity (Wildman–Crippen MR) is 172 cm³/mol. The van der Waals surface area contributed by atoms with Gasteiger partial charge in [0, 0.05) is 17.3 Å². The second kappa shape index (κ2) is 17.6. The topological polar surface area (TPSA) is 197 Å². The zero-order chi connectivity index (χ0) is 33.9. The molecule has 1 saturated heterocycles. The van der Waals surface area contributed by atoms with Crippen molar-refractivity contribution in [2.75, 3.05) is 23.8 Å². The third-order valence-corrected chi connectivity index (χ3v) is 9.58. The van der Waals surface area contributed by atoms with E-state index in [0.29, 0.717) is 12.0 Å². The maximum Gasteiger partial charge on any atom is 0.408 e. The molecule has 1 aliphatic rings. The minimum atomic E-state index is -3.14. The number of nitrogens with one attached hydrogen (secondary N) is 4. The number of halogens is 1. The van der Waals surface area contributed by atoms with Crippen LogP contribution in [-0.4, -0.2) is 91.3 Å². The lowest BCUT2D eigenvalue weighted by Crippen LogP contribution is -2.58. The predicted octanol–water partition coefficient (Wildman–Crippen LogP) is 1.97. The van der Waals surface area contributed by atoms with Gasteiger partial charge in [-0.25, -0.2) is 18.0 Å². The molecule has 1 aromatic rings. The van der Waals surface area contributed by atoms with Gasteiger partial charge in [0.2, 0.25) is 17.7 Å². The Bertz CT molecular complexity index is 1330. The molecular formula is C29H43ClN4O9S2. The third kappa shape index (κ3) is 12.7. The molecule has 3 atom stereocenters. The first-order chi connectivity index (χ1) is 21.0. The second-order valence-corrected chi connectivity index (χ2v) is 14.8. The van der Waals surface area contributed by atoms with E-state index in [1.54, 1.807) is 19.9 Å². The summed E-state index contributed by atoms with van der Waals surface area (Å²) >= 11 is 10.4. The standard InChI is InChI=1S/C29H43ClN4O9S2/c1-16(2)13-22(32-27(37)24(17(3)4)34-29(40)43-20-8-11-45(41,42)12-9-20)26(36)33-23(15-44)25(35)31-10-7-18-5-6-19(28(38)39)14-21(18)30/h5-6,14,16-17,20,22-24,44H,7-13,15H2,1-4H3,(H,31,35)(H,32,37)(H,33,36)(H,34,40)(H,38,39)/t22-,23-,24-/m0/s1. The number of hydrogen-bond acceptors (Lipinski definition) is 9. The van der Waals surface area contributed by atoms with E-state index in [0.717, 1.165) is 0 Å². The molecule has 1 aliphatic heterocycles. The lowest BCUT2D eigenvalue weighted by Gasteiger charge is -2.28. The minimum absolute atomic E-state index is 0.0143. The maximum absolute atomic E-state index is 13.3. The summed E-state index contributed by atoms with van der Waals surface area (Å²) in [6, 6.07) is 1.21. The fourth-order valence-corrected chi connectivity index (χ4v) is 6.57. The van der Waals surface area contributed by atoms with Crippen molar-refractivity contribution >= 4 is 63.9 Å². The van der Waals surface area contributed by atoms with Crippen LogP contribution in [0.5, 0.6) is 0 Å². The summed E-state index contributed by atoms with van der Waals surface area (Å²) in [7, 11) is -3.14. The molecule has 1 fully saturated rings. The van der Waals surface area contributed by atoms with Gasteiger partial charge in [0.1, 0.15) is 24.2 Å². The van der Waals surface area contributed by atoms with Gasteiger partial charge in [0.05, 0.1) is 17.1 Å². The van der Waals surface area contributed by atoms with E-state index in [-0.39, 0.29) is 65.5 Å². The SMILES string of the molecule is CC(C)C[C@H](NC(=O)[C@@H](NC(=O)OC1CCS(=O)(=O)CC1)C(C)C)C(=O)N[C@@H](CS)C(=O)NCCc1ccc(C(=O)O)cc1Cl. The number of carbonyl (C=O) groups excluding carboxylic acids is 4. The Balaban J connectivity index is 1.98. The van der Waals surface area contributed by atoms with Crippen LogP contribution in [0.2, 0.25) is 5.02 Å². The summed E-state index contributed by atoms with van der Waals surface area (Å²) in [5, 5.41) is 19.9. The molecule has 0 radical (unpaired) electrons. The van der Waals surface area contributed by atoms with Gasteiger partial charge in [-0.15, -0.1) is 0 Å². The highest BCUT2D eigenvalue weighted by Crippen LogP contribution is 2.19. The van der Waals surface area contributed by atoms with Crippen LogP contribution >= 0.6 is 24.2 Å². The van der Waals surface area contributed by atoms with E-state index in [2.05, 4.69) is 33.9 Å². The monoisotopic (exact) mass is 690 g/mol. The van der Waals surface area contributed by atoms with E-state index in [1.807, 2.05) is 13.8 Å². The van der Waals surface area contributed by atoms with Gasteiger partial charge < -0.3 is 31.1 Å². The van der Waals surface area contributed by atoms with Crippen LogP contribution in [0.3, 0.4) is 0 Å². The number of carboxylic acid groups (broad SMARTS) is 1. The zero-order valence-corrected chi connectivity index (χ0v) is 28.3. The van der Waals surface area contributed by atoms with Gasteiger partial charge in [-0.2, -0.15) is 12.6 Å². The van der Waals surface area contributed by atoms with Crippen LogP contribution in [0.1, 0.15) is 62.9 Å². The number of rotatable bonds is 15. The Morgan fingerprint density at radius 3 is 2.13 bits per heavy atom. The number of ether oxygens (including phenoxy) is 1. The number of amides is 4. The third-order valence-electron chi connectivity index (χ3n) is 7.15. The molecule has 2 rings (SSSR count). The van der Waals surface area contributed by atoms with Crippen LogP contribution < -0.4 is 21.3 Å². The van der Waals surface area contributed by atoms with E-state index >= 15 is 0 Å². The average Bonchev–Trinajstić information content (AvgIpc) is 2.95. The Morgan fingerprint density at radius 2 is 1.60 bits per heavy atom. The molecule has 16 heteroatoms. The van der Waals surface area contributed by atoms with E-state index in [4.69, 9.17) is 21.4 Å². The summed E-state index contributed by atoms with van der Waals surface area (Å²) in [6.45, 7) is 7.31. The average molecular weight is 691 g/mol. The van der Waals surface area contributed by atoms with Crippen LogP contribution in [-0.2, 0) is 35.4 Å². The number of carbonyl (C=O) groups is 5. The molecule has 1 aromatic carbocycles. The summed E-state index contributed by atoms with van der Waals surface area (Å²) in [6.07, 6.45) is -0.520. The van der Waals surface area contributed by atoms with Gasteiger partial charge in [-0.1, -0.05) is 45.4 Å². The molecule has 0 spiro atoms. The lowest BCUT2D eigenvalue weighted by atomic mass is 10.00. The summed E-state index contributed by atoms with van der Waals surface area (Å²) in [4.78, 5) is 63.1. The van der Waals surface area contributed by atoms with E-state index in [1.165, 1.54) is 12.1 Å².